The molecule has 0 bridgehead atoms. The van der Waals surface area contributed by atoms with Crippen LogP contribution in [0.25, 0.3) is 0 Å². The van der Waals surface area contributed by atoms with E-state index in [2.05, 4.69) is 5.32 Å². The average Bonchev–Trinajstić information content (AvgIpc) is 3.14. The van der Waals surface area contributed by atoms with Gasteiger partial charge in [-0.15, -0.1) is 0 Å². The van der Waals surface area contributed by atoms with E-state index in [4.69, 9.17) is 0 Å². The molecule has 0 saturated carbocycles. The van der Waals surface area contributed by atoms with Crippen LogP contribution in [0.15, 0.2) is 42.5 Å². The summed E-state index contributed by atoms with van der Waals surface area (Å²) in [4.78, 5) is 14.3. The molecule has 3 nitrogen and oxygen atoms in total. The Hall–Kier alpha value is -2.71. The minimum Gasteiger partial charge on any atom is -0.370 e. The number of halogens is 6. The van der Waals surface area contributed by atoms with Gasteiger partial charge in [0.05, 0.1) is 28.1 Å². The van der Waals surface area contributed by atoms with E-state index in [1.54, 1.807) is 4.90 Å². The van der Waals surface area contributed by atoms with E-state index in [9.17, 15) is 31.1 Å². The summed E-state index contributed by atoms with van der Waals surface area (Å²) in [5.41, 5.74) is -2.61. The fourth-order valence-corrected chi connectivity index (χ4v) is 3.16. The van der Waals surface area contributed by atoms with E-state index >= 15 is 0 Å². The van der Waals surface area contributed by atoms with Crippen molar-refractivity contribution in [3.8, 4) is 0 Å². The molecule has 2 aromatic carbocycles. The Morgan fingerprint density at radius 1 is 0.893 bits per heavy atom. The predicted octanol–water partition coefficient (Wildman–Crippen LogP) is 5.58. The Kier molecular flexibility index (Phi) is 5.27. The summed E-state index contributed by atoms with van der Waals surface area (Å²) in [5, 5.41) is 2.25. The van der Waals surface area contributed by atoms with Gasteiger partial charge < -0.3 is 10.2 Å². The normalized spacial score (nSPS) is 15.0. The van der Waals surface area contributed by atoms with Crippen LogP contribution in [0.3, 0.4) is 0 Å². The van der Waals surface area contributed by atoms with Crippen LogP contribution in [-0.2, 0) is 12.4 Å². The number of amides is 1. The highest BCUT2D eigenvalue weighted by Crippen LogP contribution is 2.37. The number of hydrogen-bond acceptors (Lipinski definition) is 2. The van der Waals surface area contributed by atoms with Gasteiger partial charge in [0.2, 0.25) is 0 Å². The quantitative estimate of drug-likeness (QED) is 0.680. The first-order valence-corrected chi connectivity index (χ1v) is 8.51. The minimum absolute atomic E-state index is 0.168. The van der Waals surface area contributed by atoms with Gasteiger partial charge >= 0.3 is 12.4 Å². The summed E-state index contributed by atoms with van der Waals surface area (Å²) in [6.07, 6.45) is -7.73. The molecule has 1 saturated heterocycles. The summed E-state index contributed by atoms with van der Waals surface area (Å²) in [7, 11) is 0. The van der Waals surface area contributed by atoms with Crippen molar-refractivity contribution < 1.29 is 31.1 Å². The summed E-state index contributed by atoms with van der Waals surface area (Å²) in [5.74, 6) is -1.12. The summed E-state index contributed by atoms with van der Waals surface area (Å²) in [6.45, 7) is 1.18. The Bertz CT molecular complexity index is 869. The van der Waals surface area contributed by atoms with E-state index in [1.807, 2.05) is 0 Å². The van der Waals surface area contributed by atoms with E-state index in [1.165, 1.54) is 12.1 Å². The van der Waals surface area contributed by atoms with Crippen molar-refractivity contribution in [3.05, 3.63) is 59.2 Å². The minimum atomic E-state index is -4.76. The predicted molar refractivity (Wildman–Crippen MR) is 92.3 cm³/mol. The van der Waals surface area contributed by atoms with Crippen molar-refractivity contribution in [2.75, 3.05) is 23.3 Å². The summed E-state index contributed by atoms with van der Waals surface area (Å²) in [6, 6.07) is 7.02. The Morgan fingerprint density at radius 3 is 2.14 bits per heavy atom. The lowest BCUT2D eigenvalue weighted by atomic mass is 10.1. The van der Waals surface area contributed by atoms with E-state index in [0.717, 1.165) is 43.2 Å². The van der Waals surface area contributed by atoms with Crippen LogP contribution in [0, 0.1) is 0 Å². The fourth-order valence-electron chi connectivity index (χ4n) is 3.16. The van der Waals surface area contributed by atoms with Crippen LogP contribution in [-0.4, -0.2) is 19.0 Å². The lowest BCUT2D eigenvalue weighted by Gasteiger charge is -2.23. The highest BCUT2D eigenvalue weighted by molar-refractivity contribution is 6.07. The highest BCUT2D eigenvalue weighted by atomic mass is 19.4. The van der Waals surface area contributed by atoms with Gasteiger partial charge in [0.15, 0.2) is 0 Å². The smallest absolute Gasteiger partial charge is 0.370 e. The third-order valence-electron chi connectivity index (χ3n) is 4.50. The molecule has 1 amide bonds. The number of hydrogen-bond donors (Lipinski definition) is 1. The SMILES string of the molecule is O=C(Nc1cc(C(F)(F)F)ccc1N1CCCC1)c1ccccc1C(F)(F)F. The first-order chi connectivity index (χ1) is 13.1. The molecular weight excluding hydrogens is 386 g/mol. The van der Waals surface area contributed by atoms with Gasteiger partial charge in [0, 0.05) is 13.1 Å². The molecule has 1 N–H and O–H groups in total. The fraction of sp³-hybridized carbons (Fsp3) is 0.316. The van der Waals surface area contributed by atoms with Gasteiger partial charge in [-0.1, -0.05) is 12.1 Å². The number of anilines is 2. The number of benzene rings is 2. The monoisotopic (exact) mass is 402 g/mol. The third-order valence-corrected chi connectivity index (χ3v) is 4.50. The molecule has 0 unspecified atom stereocenters. The third kappa shape index (κ3) is 4.23. The Balaban J connectivity index is 2.00. The number of rotatable bonds is 3. The standard InChI is InChI=1S/C19H16F6N2O/c20-18(21,22)12-7-8-16(27-9-3-4-10-27)15(11-12)26-17(28)13-5-1-2-6-14(13)19(23,24)25/h1-2,5-8,11H,3-4,9-10H2,(H,26,28). The molecule has 0 atom stereocenters. The van der Waals surface area contributed by atoms with Gasteiger partial charge in [0.25, 0.3) is 5.91 Å². The Labute approximate surface area is 157 Å². The molecule has 2 aromatic rings. The molecule has 9 heteroatoms. The van der Waals surface area contributed by atoms with Crippen molar-refractivity contribution in [1.82, 2.24) is 0 Å². The molecule has 0 spiro atoms. The zero-order chi connectivity index (χ0) is 20.5. The van der Waals surface area contributed by atoms with Crippen molar-refractivity contribution in [2.24, 2.45) is 0 Å². The van der Waals surface area contributed by atoms with Crippen LogP contribution in [0.4, 0.5) is 37.7 Å². The van der Waals surface area contributed by atoms with Crippen LogP contribution in [0.5, 0.6) is 0 Å². The first kappa shape index (κ1) is 20.0. The Morgan fingerprint density at radius 2 is 1.54 bits per heavy atom. The molecule has 0 aromatic heterocycles. The second kappa shape index (κ2) is 7.37. The van der Waals surface area contributed by atoms with E-state index < -0.39 is 35.0 Å². The molecule has 150 valence electrons. The number of nitrogens with one attached hydrogen (secondary N) is 1. The maximum absolute atomic E-state index is 13.2. The molecular formula is C19H16F6N2O. The maximum atomic E-state index is 13.2. The first-order valence-electron chi connectivity index (χ1n) is 8.51. The summed E-state index contributed by atoms with van der Waals surface area (Å²) >= 11 is 0. The van der Waals surface area contributed by atoms with Gasteiger partial charge in [-0.3, -0.25) is 4.79 Å². The van der Waals surface area contributed by atoms with Gasteiger partial charge in [-0.05, 0) is 43.2 Å². The maximum Gasteiger partial charge on any atom is 0.417 e. The average molecular weight is 402 g/mol. The number of carbonyl (C=O) groups is 1. The second-order valence-corrected chi connectivity index (χ2v) is 6.42. The molecule has 3 rings (SSSR count). The molecule has 1 heterocycles. The zero-order valence-corrected chi connectivity index (χ0v) is 14.5. The van der Waals surface area contributed by atoms with Crippen LogP contribution >= 0.6 is 0 Å². The molecule has 1 fully saturated rings. The lowest BCUT2D eigenvalue weighted by molar-refractivity contribution is -0.138. The van der Waals surface area contributed by atoms with Crippen molar-refractivity contribution in [3.63, 3.8) is 0 Å². The summed E-state index contributed by atoms with van der Waals surface area (Å²) < 4.78 is 78.7. The number of alkyl halides is 6. The van der Waals surface area contributed by atoms with E-state index in [-0.39, 0.29) is 5.69 Å². The topological polar surface area (TPSA) is 32.3 Å². The van der Waals surface area contributed by atoms with Crippen LogP contribution in [0.2, 0.25) is 0 Å². The highest BCUT2D eigenvalue weighted by Gasteiger charge is 2.36. The van der Waals surface area contributed by atoms with Gasteiger partial charge in [0.1, 0.15) is 0 Å². The van der Waals surface area contributed by atoms with E-state index in [0.29, 0.717) is 18.8 Å². The molecule has 1 aliphatic rings. The van der Waals surface area contributed by atoms with Crippen LogP contribution < -0.4 is 10.2 Å². The van der Waals surface area contributed by atoms with Crippen molar-refractivity contribution in [1.29, 1.82) is 0 Å². The van der Waals surface area contributed by atoms with Gasteiger partial charge in [-0.25, -0.2) is 0 Å². The zero-order valence-electron chi connectivity index (χ0n) is 14.5. The molecule has 28 heavy (non-hydrogen) atoms. The number of nitrogens with zero attached hydrogens (tertiary/aromatic N) is 1. The molecule has 0 aliphatic carbocycles. The molecule has 0 radical (unpaired) electrons. The largest absolute Gasteiger partial charge is 0.417 e. The van der Waals surface area contributed by atoms with Crippen LogP contribution in [0.1, 0.15) is 34.3 Å². The van der Waals surface area contributed by atoms with Crippen molar-refractivity contribution >= 4 is 17.3 Å². The van der Waals surface area contributed by atoms with Gasteiger partial charge in [-0.2, -0.15) is 26.3 Å². The molecule has 1 aliphatic heterocycles. The number of carbonyl (C=O) groups excluding carboxylic acids is 1. The van der Waals surface area contributed by atoms with Crippen molar-refractivity contribution in [2.45, 2.75) is 25.2 Å². The lowest BCUT2D eigenvalue weighted by Crippen LogP contribution is -2.23. The second-order valence-electron chi connectivity index (χ2n) is 6.42.